The lowest BCUT2D eigenvalue weighted by Gasteiger charge is -2.17. The Morgan fingerprint density at radius 3 is 2.41 bits per heavy atom. The molecule has 0 saturated carbocycles. The van der Waals surface area contributed by atoms with E-state index in [-0.39, 0.29) is 0 Å². The molecule has 0 fully saturated rings. The molecule has 2 heterocycles. The molecule has 0 bridgehead atoms. The summed E-state index contributed by atoms with van der Waals surface area (Å²) in [6, 6.07) is 5.72. The average molecular weight is 231 g/mol. The second kappa shape index (κ2) is 3.96. The summed E-state index contributed by atoms with van der Waals surface area (Å²) in [6.45, 7) is 7.61. The molecule has 0 amide bonds. The van der Waals surface area contributed by atoms with Crippen LogP contribution in [-0.2, 0) is 5.54 Å². The SMILES string of the molecule is Cc1cc(-c2ccc(C)o2)nc(C(C)(C)N)n1. The molecule has 0 aromatic carbocycles. The van der Waals surface area contributed by atoms with Crippen LogP contribution in [-0.4, -0.2) is 9.97 Å². The predicted octanol–water partition coefficient (Wildman–Crippen LogP) is 2.55. The van der Waals surface area contributed by atoms with Crippen LogP contribution in [0.5, 0.6) is 0 Å². The third kappa shape index (κ3) is 2.53. The smallest absolute Gasteiger partial charge is 0.152 e. The minimum Gasteiger partial charge on any atom is -0.460 e. The lowest BCUT2D eigenvalue weighted by Crippen LogP contribution is -2.31. The largest absolute Gasteiger partial charge is 0.460 e. The fourth-order valence-corrected chi connectivity index (χ4v) is 1.56. The molecule has 4 heteroatoms. The van der Waals surface area contributed by atoms with E-state index in [0.29, 0.717) is 5.82 Å². The van der Waals surface area contributed by atoms with Crippen LogP contribution in [0, 0.1) is 13.8 Å². The van der Waals surface area contributed by atoms with Crippen LogP contribution in [0.3, 0.4) is 0 Å². The molecule has 4 nitrogen and oxygen atoms in total. The quantitative estimate of drug-likeness (QED) is 0.862. The fraction of sp³-hybridized carbons (Fsp3) is 0.385. The van der Waals surface area contributed by atoms with Gasteiger partial charge in [-0.2, -0.15) is 0 Å². The summed E-state index contributed by atoms with van der Waals surface area (Å²) in [6.07, 6.45) is 0. The van der Waals surface area contributed by atoms with E-state index in [0.717, 1.165) is 22.9 Å². The van der Waals surface area contributed by atoms with Gasteiger partial charge in [-0.3, -0.25) is 0 Å². The zero-order valence-corrected chi connectivity index (χ0v) is 10.6. The number of nitrogens with two attached hydrogens (primary N) is 1. The van der Waals surface area contributed by atoms with Gasteiger partial charge >= 0.3 is 0 Å². The van der Waals surface area contributed by atoms with Crippen molar-refractivity contribution in [3.63, 3.8) is 0 Å². The molecule has 0 spiro atoms. The summed E-state index contributed by atoms with van der Waals surface area (Å²) in [5.74, 6) is 2.24. The minimum atomic E-state index is -0.553. The first kappa shape index (κ1) is 11.8. The van der Waals surface area contributed by atoms with Crippen molar-refractivity contribution in [1.82, 2.24) is 9.97 Å². The Balaban J connectivity index is 2.52. The van der Waals surface area contributed by atoms with E-state index in [4.69, 9.17) is 10.2 Å². The van der Waals surface area contributed by atoms with Crippen molar-refractivity contribution >= 4 is 0 Å². The van der Waals surface area contributed by atoms with Crippen molar-refractivity contribution in [3.8, 4) is 11.5 Å². The molecule has 0 aliphatic carbocycles. The molecule has 17 heavy (non-hydrogen) atoms. The Morgan fingerprint density at radius 2 is 1.88 bits per heavy atom. The van der Waals surface area contributed by atoms with Crippen LogP contribution in [0.1, 0.15) is 31.1 Å². The number of aromatic nitrogens is 2. The van der Waals surface area contributed by atoms with Gasteiger partial charge in [0.25, 0.3) is 0 Å². The molecule has 0 atom stereocenters. The highest BCUT2D eigenvalue weighted by Gasteiger charge is 2.19. The average Bonchev–Trinajstić information content (AvgIpc) is 2.62. The van der Waals surface area contributed by atoms with Gasteiger partial charge in [0.05, 0.1) is 5.54 Å². The molecule has 2 aromatic heterocycles. The molecule has 0 unspecified atom stereocenters. The van der Waals surface area contributed by atoms with Crippen LogP contribution in [0.15, 0.2) is 22.6 Å². The van der Waals surface area contributed by atoms with Crippen molar-refractivity contribution in [2.75, 3.05) is 0 Å². The van der Waals surface area contributed by atoms with Gasteiger partial charge in [-0.05, 0) is 45.9 Å². The molecular formula is C13H17N3O. The van der Waals surface area contributed by atoms with Gasteiger partial charge in [0.2, 0.25) is 0 Å². The highest BCUT2D eigenvalue weighted by molar-refractivity contribution is 5.52. The summed E-state index contributed by atoms with van der Waals surface area (Å²) >= 11 is 0. The van der Waals surface area contributed by atoms with Crippen molar-refractivity contribution in [3.05, 3.63) is 35.5 Å². The minimum absolute atomic E-state index is 0.553. The highest BCUT2D eigenvalue weighted by atomic mass is 16.3. The Kier molecular flexibility index (Phi) is 2.75. The number of rotatable bonds is 2. The predicted molar refractivity (Wildman–Crippen MR) is 66.4 cm³/mol. The van der Waals surface area contributed by atoms with Crippen LogP contribution < -0.4 is 5.73 Å². The van der Waals surface area contributed by atoms with Crippen molar-refractivity contribution in [2.24, 2.45) is 5.73 Å². The van der Waals surface area contributed by atoms with Gasteiger partial charge in [-0.25, -0.2) is 9.97 Å². The number of furan rings is 1. The van der Waals surface area contributed by atoms with E-state index < -0.39 is 5.54 Å². The van der Waals surface area contributed by atoms with Gasteiger partial charge in [-0.15, -0.1) is 0 Å². The molecule has 2 aromatic rings. The van der Waals surface area contributed by atoms with Crippen molar-refractivity contribution < 1.29 is 4.42 Å². The fourth-order valence-electron chi connectivity index (χ4n) is 1.56. The number of hydrogen-bond acceptors (Lipinski definition) is 4. The summed E-state index contributed by atoms with van der Waals surface area (Å²) < 4.78 is 5.56. The molecule has 0 saturated heterocycles. The van der Waals surface area contributed by atoms with E-state index in [9.17, 15) is 0 Å². The standard InChI is InChI=1S/C13H17N3O/c1-8-7-10(11-6-5-9(2)17-11)16-12(15-8)13(3,4)14/h5-7H,14H2,1-4H3. The van der Waals surface area contributed by atoms with E-state index in [1.54, 1.807) is 0 Å². The maximum atomic E-state index is 6.02. The van der Waals surface area contributed by atoms with E-state index in [1.165, 1.54) is 0 Å². The van der Waals surface area contributed by atoms with E-state index in [2.05, 4.69) is 9.97 Å². The van der Waals surface area contributed by atoms with E-state index >= 15 is 0 Å². The Bertz CT molecular complexity index is 538. The second-order valence-electron chi connectivity index (χ2n) is 4.85. The molecule has 2 N–H and O–H groups in total. The lowest BCUT2D eigenvalue weighted by atomic mass is 10.1. The van der Waals surface area contributed by atoms with Crippen molar-refractivity contribution in [2.45, 2.75) is 33.2 Å². The van der Waals surface area contributed by atoms with E-state index in [1.807, 2.05) is 45.9 Å². The topological polar surface area (TPSA) is 64.9 Å². The Hall–Kier alpha value is -1.68. The van der Waals surface area contributed by atoms with Crippen LogP contribution in [0.4, 0.5) is 0 Å². The number of aryl methyl sites for hydroxylation is 2. The van der Waals surface area contributed by atoms with Gasteiger partial charge in [0, 0.05) is 5.69 Å². The summed E-state index contributed by atoms with van der Waals surface area (Å²) in [5, 5.41) is 0. The van der Waals surface area contributed by atoms with Gasteiger partial charge in [0.15, 0.2) is 5.76 Å². The van der Waals surface area contributed by atoms with Crippen LogP contribution in [0.25, 0.3) is 11.5 Å². The normalized spacial score (nSPS) is 11.8. The first-order valence-electron chi connectivity index (χ1n) is 5.58. The zero-order valence-electron chi connectivity index (χ0n) is 10.6. The lowest BCUT2D eigenvalue weighted by molar-refractivity contribution is 0.508. The number of hydrogen-bond donors (Lipinski definition) is 1. The molecular weight excluding hydrogens is 214 g/mol. The molecule has 90 valence electrons. The van der Waals surface area contributed by atoms with Gasteiger partial charge < -0.3 is 10.2 Å². The molecule has 0 radical (unpaired) electrons. The van der Waals surface area contributed by atoms with Crippen molar-refractivity contribution in [1.29, 1.82) is 0 Å². The summed E-state index contributed by atoms with van der Waals surface area (Å²) in [4.78, 5) is 8.82. The maximum absolute atomic E-state index is 6.02. The second-order valence-corrected chi connectivity index (χ2v) is 4.85. The Labute approximate surface area is 101 Å². The monoisotopic (exact) mass is 231 g/mol. The maximum Gasteiger partial charge on any atom is 0.152 e. The summed E-state index contributed by atoms with van der Waals surface area (Å²) in [5.41, 5.74) is 7.13. The van der Waals surface area contributed by atoms with Crippen LogP contribution in [0.2, 0.25) is 0 Å². The van der Waals surface area contributed by atoms with Gasteiger partial charge in [0.1, 0.15) is 17.3 Å². The zero-order chi connectivity index (χ0) is 12.6. The number of nitrogens with zero attached hydrogens (tertiary/aromatic N) is 2. The highest BCUT2D eigenvalue weighted by Crippen LogP contribution is 2.22. The third-order valence-corrected chi connectivity index (χ3v) is 2.42. The molecule has 2 rings (SSSR count). The molecule has 0 aliphatic rings. The first-order chi connectivity index (χ1) is 7.86. The summed E-state index contributed by atoms with van der Waals surface area (Å²) in [7, 11) is 0. The third-order valence-electron chi connectivity index (χ3n) is 2.42. The Morgan fingerprint density at radius 1 is 1.18 bits per heavy atom. The molecule has 0 aliphatic heterocycles. The van der Waals surface area contributed by atoms with Gasteiger partial charge in [-0.1, -0.05) is 0 Å². The van der Waals surface area contributed by atoms with Crippen LogP contribution >= 0.6 is 0 Å². The first-order valence-corrected chi connectivity index (χ1v) is 5.58.